The van der Waals surface area contributed by atoms with Crippen LogP contribution in [0.3, 0.4) is 0 Å². The maximum Gasteiger partial charge on any atom is 0.246 e. The lowest BCUT2D eigenvalue weighted by atomic mass is 10.0. The minimum absolute atomic E-state index is 0.0419. The van der Waals surface area contributed by atoms with E-state index < -0.39 is 47.7 Å². The zero-order valence-electron chi connectivity index (χ0n) is 24.2. The highest BCUT2D eigenvalue weighted by atomic mass is 16.7. The summed E-state index contributed by atoms with van der Waals surface area (Å²) in [5, 5.41) is 10.2. The predicted octanol–water partition coefficient (Wildman–Crippen LogP) is 0.641. The molecule has 224 valence electrons. The molecule has 4 N–H and O–H groups in total. The van der Waals surface area contributed by atoms with Crippen molar-refractivity contribution in [1.29, 1.82) is 0 Å². The molecule has 0 saturated carbocycles. The SMILES string of the molecule is COC[C@H](NC(=O)[C@H](CC(=O)NOC(C)(C)C)NC(=O)CN1CCOCC1)C(=O)NCc1cccc2ccccc12. The average Bonchev–Trinajstić information content (AvgIpc) is 2.94. The Hall–Kier alpha value is -3.58. The Balaban J connectivity index is 1.66. The number of rotatable bonds is 13. The van der Waals surface area contributed by atoms with E-state index in [9.17, 15) is 19.2 Å². The Morgan fingerprint density at radius 2 is 1.63 bits per heavy atom. The zero-order valence-corrected chi connectivity index (χ0v) is 24.2. The van der Waals surface area contributed by atoms with Crippen molar-refractivity contribution in [3.63, 3.8) is 0 Å². The monoisotopic (exact) mass is 571 g/mol. The first kappa shape index (κ1) is 31.9. The minimum Gasteiger partial charge on any atom is -0.382 e. The number of carbonyl (C=O) groups excluding carboxylic acids is 4. The summed E-state index contributed by atoms with van der Waals surface area (Å²) in [7, 11) is 1.41. The van der Waals surface area contributed by atoms with Crippen LogP contribution in [0.15, 0.2) is 42.5 Å². The van der Waals surface area contributed by atoms with E-state index in [4.69, 9.17) is 14.3 Å². The van der Waals surface area contributed by atoms with Gasteiger partial charge in [-0.15, -0.1) is 0 Å². The van der Waals surface area contributed by atoms with Crippen LogP contribution < -0.4 is 21.4 Å². The van der Waals surface area contributed by atoms with Crippen LogP contribution in [-0.4, -0.2) is 92.8 Å². The van der Waals surface area contributed by atoms with Gasteiger partial charge >= 0.3 is 0 Å². The van der Waals surface area contributed by atoms with E-state index in [2.05, 4.69) is 21.4 Å². The Kier molecular flexibility index (Phi) is 12.0. The third-order valence-corrected chi connectivity index (χ3v) is 6.28. The smallest absolute Gasteiger partial charge is 0.246 e. The normalized spacial score (nSPS) is 15.5. The fourth-order valence-corrected chi connectivity index (χ4v) is 4.22. The molecule has 1 aliphatic heterocycles. The molecule has 2 aromatic carbocycles. The number of ether oxygens (including phenoxy) is 2. The molecule has 0 aromatic heterocycles. The molecule has 12 heteroatoms. The van der Waals surface area contributed by atoms with Crippen LogP contribution in [0, 0.1) is 0 Å². The van der Waals surface area contributed by atoms with Crippen molar-refractivity contribution in [2.24, 2.45) is 0 Å². The summed E-state index contributed by atoms with van der Waals surface area (Å²) in [6, 6.07) is 11.4. The summed E-state index contributed by atoms with van der Waals surface area (Å²) in [6.45, 7) is 7.62. The molecular formula is C29H41N5O7. The second-order valence-corrected chi connectivity index (χ2v) is 10.8. The van der Waals surface area contributed by atoms with Crippen molar-refractivity contribution in [3.05, 3.63) is 48.0 Å². The third-order valence-electron chi connectivity index (χ3n) is 6.28. The van der Waals surface area contributed by atoms with Gasteiger partial charge in [-0.1, -0.05) is 42.5 Å². The number of hydrogen-bond acceptors (Lipinski definition) is 8. The summed E-state index contributed by atoms with van der Waals surface area (Å²) in [4.78, 5) is 59.0. The van der Waals surface area contributed by atoms with E-state index in [1.807, 2.05) is 47.4 Å². The van der Waals surface area contributed by atoms with Crippen LogP contribution in [-0.2, 0) is 40.0 Å². The molecule has 0 spiro atoms. The lowest BCUT2D eigenvalue weighted by Gasteiger charge is -2.27. The largest absolute Gasteiger partial charge is 0.382 e. The number of hydroxylamine groups is 1. The number of amides is 4. The Bertz CT molecular complexity index is 1190. The van der Waals surface area contributed by atoms with Gasteiger partial charge in [-0.25, -0.2) is 5.48 Å². The topological polar surface area (TPSA) is 147 Å². The standard InChI is InChI=1S/C29H41N5O7/c1-29(2,3)41-33-25(35)16-23(31-26(36)18-34-12-14-40-15-13-34)28(38)32-24(19-39-4)27(37)30-17-21-10-7-9-20-8-5-6-11-22(20)21/h5-11,23-24H,12-19H2,1-4H3,(H,30,37)(H,31,36)(H,32,38)(H,33,35)/t23-,24-/m0/s1. The fraction of sp³-hybridized carbons (Fsp3) is 0.517. The van der Waals surface area contributed by atoms with Gasteiger partial charge in [0.2, 0.25) is 23.6 Å². The van der Waals surface area contributed by atoms with Crippen molar-refractivity contribution in [3.8, 4) is 0 Å². The van der Waals surface area contributed by atoms with E-state index in [1.165, 1.54) is 7.11 Å². The highest BCUT2D eigenvalue weighted by Crippen LogP contribution is 2.18. The Labute approximate surface area is 240 Å². The van der Waals surface area contributed by atoms with Gasteiger partial charge in [0, 0.05) is 26.7 Å². The minimum atomic E-state index is -1.25. The molecule has 4 amide bonds. The number of hydrogen-bond donors (Lipinski definition) is 4. The summed E-state index contributed by atoms with van der Waals surface area (Å²) in [5.74, 6) is -2.20. The zero-order chi connectivity index (χ0) is 29.8. The van der Waals surface area contributed by atoms with Crippen molar-refractivity contribution in [2.75, 3.05) is 46.6 Å². The van der Waals surface area contributed by atoms with Crippen molar-refractivity contribution < 1.29 is 33.5 Å². The number of morpholine rings is 1. The van der Waals surface area contributed by atoms with Gasteiger partial charge < -0.3 is 25.4 Å². The van der Waals surface area contributed by atoms with Gasteiger partial charge in [0.25, 0.3) is 0 Å². The van der Waals surface area contributed by atoms with Crippen LogP contribution in [0.5, 0.6) is 0 Å². The van der Waals surface area contributed by atoms with Crippen LogP contribution in [0.2, 0.25) is 0 Å². The Morgan fingerprint density at radius 3 is 2.34 bits per heavy atom. The lowest BCUT2D eigenvalue weighted by molar-refractivity contribution is -0.147. The van der Waals surface area contributed by atoms with Gasteiger partial charge in [-0.2, -0.15) is 0 Å². The first-order valence-electron chi connectivity index (χ1n) is 13.7. The number of methoxy groups -OCH3 is 1. The molecular weight excluding hydrogens is 530 g/mol. The third kappa shape index (κ3) is 10.7. The molecule has 3 rings (SSSR count). The van der Waals surface area contributed by atoms with Crippen LogP contribution in [0.4, 0.5) is 0 Å². The summed E-state index contributed by atoms with van der Waals surface area (Å²) in [5.41, 5.74) is 2.58. The van der Waals surface area contributed by atoms with Gasteiger partial charge in [0.1, 0.15) is 12.1 Å². The molecule has 12 nitrogen and oxygen atoms in total. The van der Waals surface area contributed by atoms with E-state index >= 15 is 0 Å². The average molecular weight is 572 g/mol. The number of nitrogens with zero attached hydrogens (tertiary/aromatic N) is 1. The molecule has 1 fully saturated rings. The van der Waals surface area contributed by atoms with Crippen LogP contribution in [0.1, 0.15) is 32.8 Å². The number of nitrogens with one attached hydrogen (secondary N) is 4. The van der Waals surface area contributed by atoms with E-state index in [-0.39, 0.29) is 19.7 Å². The first-order valence-corrected chi connectivity index (χ1v) is 13.7. The van der Waals surface area contributed by atoms with E-state index in [0.29, 0.717) is 26.3 Å². The first-order chi connectivity index (χ1) is 19.6. The van der Waals surface area contributed by atoms with Gasteiger partial charge in [-0.3, -0.25) is 28.9 Å². The van der Waals surface area contributed by atoms with Gasteiger partial charge in [-0.05, 0) is 37.1 Å². The summed E-state index contributed by atoms with van der Waals surface area (Å²) >= 11 is 0. The second-order valence-electron chi connectivity index (χ2n) is 10.8. The molecule has 41 heavy (non-hydrogen) atoms. The molecule has 0 aliphatic carbocycles. The van der Waals surface area contributed by atoms with Gasteiger partial charge in [0.05, 0.1) is 38.4 Å². The molecule has 0 radical (unpaired) electrons. The number of fused-ring (bicyclic) bond motifs is 1. The molecule has 2 atom stereocenters. The summed E-state index contributed by atoms with van der Waals surface area (Å²) in [6.07, 6.45) is -0.395. The maximum absolute atomic E-state index is 13.3. The maximum atomic E-state index is 13.3. The number of carbonyl (C=O) groups is 4. The van der Waals surface area contributed by atoms with Crippen molar-refractivity contribution in [1.82, 2.24) is 26.3 Å². The molecule has 1 saturated heterocycles. The molecule has 1 aliphatic rings. The highest BCUT2D eigenvalue weighted by Gasteiger charge is 2.30. The van der Waals surface area contributed by atoms with E-state index in [0.717, 1.165) is 16.3 Å². The van der Waals surface area contributed by atoms with Gasteiger partial charge in [0.15, 0.2) is 0 Å². The Morgan fingerprint density at radius 1 is 0.927 bits per heavy atom. The predicted molar refractivity (Wildman–Crippen MR) is 152 cm³/mol. The van der Waals surface area contributed by atoms with E-state index in [1.54, 1.807) is 20.8 Å². The van der Waals surface area contributed by atoms with Crippen LogP contribution in [0.25, 0.3) is 10.8 Å². The molecule has 0 bridgehead atoms. The van der Waals surface area contributed by atoms with Crippen LogP contribution >= 0.6 is 0 Å². The molecule has 2 aromatic rings. The lowest BCUT2D eigenvalue weighted by Crippen LogP contribution is -2.57. The highest BCUT2D eigenvalue weighted by molar-refractivity contribution is 5.95. The second kappa shape index (κ2) is 15.4. The summed E-state index contributed by atoms with van der Waals surface area (Å²) < 4.78 is 10.5. The molecule has 0 unspecified atom stereocenters. The van der Waals surface area contributed by atoms with Crippen molar-refractivity contribution >= 4 is 34.4 Å². The fourth-order valence-electron chi connectivity index (χ4n) is 4.22. The number of benzene rings is 2. The van der Waals surface area contributed by atoms with Crippen molar-refractivity contribution in [2.45, 2.75) is 51.4 Å². The quantitative estimate of drug-likeness (QED) is 0.256. The molecule has 1 heterocycles.